The second kappa shape index (κ2) is 9.42. The van der Waals surface area contributed by atoms with E-state index in [0.717, 1.165) is 23.9 Å². The molecule has 24 heavy (non-hydrogen) atoms. The number of likely N-dealkylation sites (tertiary alicyclic amines) is 1. The van der Waals surface area contributed by atoms with E-state index in [9.17, 15) is 4.79 Å². The fourth-order valence-corrected chi connectivity index (χ4v) is 4.63. The van der Waals surface area contributed by atoms with Crippen LogP contribution >= 0.6 is 11.8 Å². The van der Waals surface area contributed by atoms with Crippen LogP contribution < -0.4 is 5.32 Å². The van der Waals surface area contributed by atoms with E-state index in [1.807, 2.05) is 12.1 Å². The van der Waals surface area contributed by atoms with Gasteiger partial charge in [0.25, 0.3) is 0 Å². The standard InChI is InChI=1S/C19H29N3OS/c23-19(15-24-18-9-11-20-12-10-18)21-16-6-5-13-22(14-16)17-7-3-1-2-4-8-17/h9-12,16-17H,1-8,13-15H2,(H,21,23)/t16-/m0/s1. The molecule has 1 saturated carbocycles. The van der Waals surface area contributed by atoms with Crippen LogP contribution in [-0.2, 0) is 4.79 Å². The number of hydrogen-bond donors (Lipinski definition) is 1. The quantitative estimate of drug-likeness (QED) is 0.654. The van der Waals surface area contributed by atoms with Crippen molar-refractivity contribution in [3.05, 3.63) is 24.5 Å². The summed E-state index contributed by atoms with van der Waals surface area (Å²) in [4.78, 5) is 20.0. The molecule has 0 bridgehead atoms. The first-order valence-electron chi connectivity index (χ1n) is 9.37. The van der Waals surface area contributed by atoms with Crippen molar-refractivity contribution in [2.24, 2.45) is 0 Å². The number of nitrogens with one attached hydrogen (secondary N) is 1. The lowest BCUT2D eigenvalue weighted by molar-refractivity contribution is -0.119. The van der Waals surface area contributed by atoms with Gasteiger partial charge in [-0.25, -0.2) is 0 Å². The van der Waals surface area contributed by atoms with Gasteiger partial charge in [0.05, 0.1) is 5.75 Å². The topological polar surface area (TPSA) is 45.2 Å². The molecule has 2 heterocycles. The molecule has 132 valence electrons. The molecule has 0 unspecified atom stereocenters. The Morgan fingerprint density at radius 2 is 1.88 bits per heavy atom. The zero-order chi connectivity index (χ0) is 16.6. The summed E-state index contributed by atoms with van der Waals surface area (Å²) < 4.78 is 0. The minimum absolute atomic E-state index is 0.157. The first-order valence-corrected chi connectivity index (χ1v) is 10.4. The monoisotopic (exact) mass is 347 g/mol. The lowest BCUT2D eigenvalue weighted by Crippen LogP contribution is -2.51. The highest BCUT2D eigenvalue weighted by atomic mass is 32.2. The highest BCUT2D eigenvalue weighted by Crippen LogP contribution is 2.25. The Bertz CT molecular complexity index is 503. The number of thioether (sulfide) groups is 1. The number of aromatic nitrogens is 1. The maximum absolute atomic E-state index is 12.3. The Hall–Kier alpha value is -1.07. The zero-order valence-corrected chi connectivity index (χ0v) is 15.3. The van der Waals surface area contributed by atoms with Gasteiger partial charge in [0.1, 0.15) is 0 Å². The lowest BCUT2D eigenvalue weighted by atomic mass is 10.00. The van der Waals surface area contributed by atoms with Crippen LogP contribution in [0, 0.1) is 0 Å². The summed E-state index contributed by atoms with van der Waals surface area (Å²) in [5.74, 6) is 0.647. The smallest absolute Gasteiger partial charge is 0.230 e. The molecule has 0 radical (unpaired) electrons. The molecular weight excluding hydrogens is 318 g/mol. The van der Waals surface area contributed by atoms with Crippen LogP contribution in [0.4, 0.5) is 0 Å². The Morgan fingerprint density at radius 1 is 1.12 bits per heavy atom. The van der Waals surface area contributed by atoms with Crippen molar-refractivity contribution in [1.29, 1.82) is 0 Å². The average Bonchev–Trinajstić information content (AvgIpc) is 2.91. The molecule has 3 rings (SSSR count). The number of hydrogen-bond acceptors (Lipinski definition) is 4. The molecular formula is C19H29N3OS. The maximum atomic E-state index is 12.3. The number of pyridine rings is 1. The van der Waals surface area contributed by atoms with Gasteiger partial charge in [-0.2, -0.15) is 0 Å². The SMILES string of the molecule is O=C(CSc1ccncc1)N[C@H]1CCCN(C2CCCCCC2)C1. The second-order valence-electron chi connectivity index (χ2n) is 7.02. The van der Waals surface area contributed by atoms with Crippen LogP contribution in [0.5, 0.6) is 0 Å². The molecule has 4 nitrogen and oxygen atoms in total. The van der Waals surface area contributed by atoms with Crippen molar-refractivity contribution in [2.45, 2.75) is 68.3 Å². The van der Waals surface area contributed by atoms with Gasteiger partial charge in [-0.1, -0.05) is 25.7 Å². The molecule has 1 amide bonds. The van der Waals surface area contributed by atoms with Crippen LogP contribution in [0.3, 0.4) is 0 Å². The number of carbonyl (C=O) groups is 1. The lowest BCUT2D eigenvalue weighted by Gasteiger charge is -2.38. The Labute approximate surface area is 149 Å². The van der Waals surface area contributed by atoms with Crippen molar-refractivity contribution in [1.82, 2.24) is 15.2 Å². The molecule has 1 aliphatic heterocycles. The number of nitrogens with zero attached hydrogens (tertiary/aromatic N) is 2. The molecule has 1 aromatic heterocycles. The van der Waals surface area contributed by atoms with E-state index < -0.39 is 0 Å². The van der Waals surface area contributed by atoms with E-state index in [-0.39, 0.29) is 5.91 Å². The van der Waals surface area contributed by atoms with Gasteiger partial charge in [-0.3, -0.25) is 14.7 Å². The van der Waals surface area contributed by atoms with Crippen molar-refractivity contribution in [3.8, 4) is 0 Å². The number of carbonyl (C=O) groups excluding carboxylic acids is 1. The van der Waals surface area contributed by atoms with Crippen LogP contribution in [0.2, 0.25) is 0 Å². The van der Waals surface area contributed by atoms with Crippen molar-refractivity contribution in [2.75, 3.05) is 18.8 Å². The molecule has 0 aromatic carbocycles. The fraction of sp³-hybridized carbons (Fsp3) is 0.684. The first-order chi connectivity index (χ1) is 11.8. The van der Waals surface area contributed by atoms with Gasteiger partial charge < -0.3 is 5.32 Å². The third kappa shape index (κ3) is 5.49. The zero-order valence-electron chi connectivity index (χ0n) is 14.5. The predicted molar refractivity (Wildman–Crippen MR) is 99.2 cm³/mol. The van der Waals surface area contributed by atoms with Crippen LogP contribution in [0.1, 0.15) is 51.4 Å². The van der Waals surface area contributed by atoms with Crippen molar-refractivity contribution >= 4 is 17.7 Å². The predicted octanol–water partition coefficient (Wildman–Crippen LogP) is 3.48. The number of piperidine rings is 1. The normalized spacial score (nSPS) is 23.6. The molecule has 1 N–H and O–H groups in total. The second-order valence-corrected chi connectivity index (χ2v) is 8.07. The Balaban J connectivity index is 1.43. The first kappa shape index (κ1) is 17.7. The average molecular weight is 348 g/mol. The fourth-order valence-electron chi connectivity index (χ4n) is 3.93. The van der Waals surface area contributed by atoms with E-state index >= 15 is 0 Å². The maximum Gasteiger partial charge on any atom is 0.230 e. The molecule has 2 fully saturated rings. The Morgan fingerprint density at radius 3 is 2.62 bits per heavy atom. The van der Waals surface area contributed by atoms with E-state index in [1.54, 1.807) is 24.2 Å². The van der Waals surface area contributed by atoms with E-state index in [1.165, 1.54) is 51.5 Å². The van der Waals surface area contributed by atoms with Gasteiger partial charge in [-0.05, 0) is 44.4 Å². The van der Waals surface area contributed by atoms with Crippen LogP contribution in [0.15, 0.2) is 29.4 Å². The van der Waals surface area contributed by atoms with Gasteiger partial charge in [-0.15, -0.1) is 11.8 Å². The van der Waals surface area contributed by atoms with Crippen LogP contribution in [0.25, 0.3) is 0 Å². The van der Waals surface area contributed by atoms with E-state index in [0.29, 0.717) is 11.8 Å². The van der Waals surface area contributed by atoms with Crippen molar-refractivity contribution in [3.63, 3.8) is 0 Å². The number of rotatable bonds is 5. The largest absolute Gasteiger partial charge is 0.351 e. The molecule has 1 aromatic rings. The van der Waals surface area contributed by atoms with Gasteiger partial charge in [0, 0.05) is 35.9 Å². The molecule has 0 spiro atoms. The molecule has 1 aliphatic carbocycles. The summed E-state index contributed by atoms with van der Waals surface area (Å²) >= 11 is 1.58. The summed E-state index contributed by atoms with van der Waals surface area (Å²) in [5, 5.41) is 3.26. The summed E-state index contributed by atoms with van der Waals surface area (Å²) in [6.07, 6.45) is 14.1. The minimum atomic E-state index is 0.157. The van der Waals surface area contributed by atoms with Crippen LogP contribution in [-0.4, -0.2) is 46.7 Å². The molecule has 1 atom stereocenters. The molecule has 5 heteroatoms. The van der Waals surface area contributed by atoms with Gasteiger partial charge >= 0.3 is 0 Å². The van der Waals surface area contributed by atoms with E-state index in [2.05, 4.69) is 15.2 Å². The highest BCUT2D eigenvalue weighted by Gasteiger charge is 2.27. The minimum Gasteiger partial charge on any atom is -0.351 e. The third-order valence-electron chi connectivity index (χ3n) is 5.18. The van der Waals surface area contributed by atoms with Gasteiger partial charge in [0.2, 0.25) is 5.91 Å². The van der Waals surface area contributed by atoms with Gasteiger partial charge in [0.15, 0.2) is 0 Å². The summed E-state index contributed by atoms with van der Waals surface area (Å²) in [6.45, 7) is 2.25. The summed E-state index contributed by atoms with van der Waals surface area (Å²) in [5.41, 5.74) is 0. The summed E-state index contributed by atoms with van der Waals surface area (Å²) in [6, 6.07) is 4.98. The number of amides is 1. The third-order valence-corrected chi connectivity index (χ3v) is 6.19. The highest BCUT2D eigenvalue weighted by molar-refractivity contribution is 8.00. The Kier molecular flexibility index (Phi) is 6.97. The molecule has 2 aliphatic rings. The molecule has 1 saturated heterocycles. The summed E-state index contributed by atoms with van der Waals surface area (Å²) in [7, 11) is 0. The van der Waals surface area contributed by atoms with Crippen molar-refractivity contribution < 1.29 is 4.79 Å². The van der Waals surface area contributed by atoms with E-state index in [4.69, 9.17) is 0 Å².